The quantitative estimate of drug-likeness (QED) is 0.225. The molecule has 2 aliphatic rings. The Morgan fingerprint density at radius 2 is 1.06 bits per heavy atom. The first-order valence-corrected chi connectivity index (χ1v) is 18.2. The summed E-state index contributed by atoms with van der Waals surface area (Å²) in [7, 11) is 0. The van der Waals surface area contributed by atoms with Crippen LogP contribution in [-0.4, -0.2) is 69.1 Å². The average Bonchev–Trinajstić information content (AvgIpc) is 4.05. The minimum absolute atomic E-state index is 0.344. The molecule has 8 aromatic rings. The summed E-state index contributed by atoms with van der Waals surface area (Å²) >= 11 is 0. The summed E-state index contributed by atoms with van der Waals surface area (Å²) in [4.78, 5) is 32.1. The van der Waals surface area contributed by atoms with Gasteiger partial charge in [0.1, 0.15) is 23.8 Å². The van der Waals surface area contributed by atoms with Gasteiger partial charge in [0.2, 0.25) is 0 Å². The fraction of sp³-hybridized carbons (Fsp3) is 0.368. The molecule has 0 saturated heterocycles. The molecule has 54 heavy (non-hydrogen) atoms. The number of H-pyrrole nitrogens is 2. The van der Waals surface area contributed by atoms with Gasteiger partial charge in [0.05, 0.1) is 47.2 Å². The third kappa shape index (κ3) is 6.05. The predicted octanol–water partition coefficient (Wildman–Crippen LogP) is 5.28. The maximum atomic E-state index is 8.86. The van der Waals surface area contributed by atoms with Crippen molar-refractivity contribution in [3.8, 4) is 12.1 Å². The normalized spacial score (nSPS) is 22.4. The molecule has 0 radical (unpaired) electrons. The molecule has 0 unspecified atom stereocenters. The summed E-state index contributed by atoms with van der Waals surface area (Å²) in [5, 5.41) is 35.4. The molecule has 6 atom stereocenters. The van der Waals surface area contributed by atoms with Gasteiger partial charge in [-0.1, -0.05) is 13.8 Å². The van der Waals surface area contributed by atoms with E-state index in [1.165, 1.54) is 0 Å². The van der Waals surface area contributed by atoms with Crippen LogP contribution in [0.15, 0.2) is 61.7 Å². The third-order valence-electron chi connectivity index (χ3n) is 11.2. The van der Waals surface area contributed by atoms with E-state index in [1.807, 2.05) is 36.7 Å². The highest BCUT2D eigenvalue weighted by atomic mass is 15.3. The number of hydrogen-bond acceptors (Lipinski definition) is 12. The molecule has 2 aliphatic carbocycles. The molecule has 0 bridgehead atoms. The van der Waals surface area contributed by atoms with Crippen LogP contribution in [0.5, 0.6) is 0 Å². The highest BCUT2D eigenvalue weighted by molar-refractivity contribution is 5.75. The highest BCUT2D eigenvalue weighted by Crippen LogP contribution is 2.45. The lowest BCUT2D eigenvalue weighted by molar-refractivity contribution is 0.498. The molecule has 0 spiro atoms. The number of nitrogens with zero attached hydrogens (tertiary/aromatic N) is 14. The first-order chi connectivity index (χ1) is 26.4. The van der Waals surface area contributed by atoms with Gasteiger partial charge in [-0.15, -0.1) is 20.4 Å². The van der Waals surface area contributed by atoms with Crippen molar-refractivity contribution in [3.63, 3.8) is 0 Å². The Balaban J connectivity index is 0.000000142. The van der Waals surface area contributed by atoms with Crippen LogP contribution in [0.25, 0.3) is 33.6 Å². The van der Waals surface area contributed by atoms with Crippen LogP contribution in [0.4, 0.5) is 0 Å². The van der Waals surface area contributed by atoms with E-state index in [0.717, 1.165) is 95.2 Å². The van der Waals surface area contributed by atoms with Gasteiger partial charge in [0.25, 0.3) is 0 Å². The van der Waals surface area contributed by atoms with E-state index < -0.39 is 0 Å². The van der Waals surface area contributed by atoms with Crippen LogP contribution in [0, 0.1) is 46.3 Å². The summed E-state index contributed by atoms with van der Waals surface area (Å²) in [6.45, 7) is 4.57. The zero-order chi connectivity index (χ0) is 36.8. The second-order valence-corrected chi connectivity index (χ2v) is 14.7. The second-order valence-electron chi connectivity index (χ2n) is 14.7. The van der Waals surface area contributed by atoms with Crippen LogP contribution in [0.1, 0.15) is 85.8 Å². The number of hydrogen-bond donors (Lipinski definition) is 2. The SMILES string of the molecule is C[C@@H]1C[C@H](Cc2cnc(C#N)cn2)C[C@@H]1c1nnc2cnc3[nH]ccc3n12.C[C@H]1C[C@@H](Cc2cnc(C#N)cn2)C[C@H]1c1nnc2cnc3[nH]ccc3n12. The number of fused-ring (bicyclic) bond motifs is 6. The van der Waals surface area contributed by atoms with Gasteiger partial charge in [0.15, 0.2) is 34.0 Å². The summed E-state index contributed by atoms with van der Waals surface area (Å²) < 4.78 is 4.26. The van der Waals surface area contributed by atoms with Crippen molar-refractivity contribution in [1.82, 2.24) is 69.1 Å². The molecule has 2 fully saturated rings. The zero-order valence-electron chi connectivity index (χ0n) is 29.7. The Kier molecular flexibility index (Phi) is 8.42. The lowest BCUT2D eigenvalue weighted by atomic mass is 9.97. The smallest absolute Gasteiger partial charge is 0.179 e. The van der Waals surface area contributed by atoms with Gasteiger partial charge < -0.3 is 9.97 Å². The fourth-order valence-corrected chi connectivity index (χ4v) is 8.71. The molecule has 10 rings (SSSR count). The van der Waals surface area contributed by atoms with E-state index in [2.05, 4.69) is 82.9 Å². The van der Waals surface area contributed by atoms with Gasteiger partial charge in [-0.05, 0) is 74.3 Å². The predicted molar refractivity (Wildman–Crippen MR) is 195 cm³/mol. The molecule has 8 aromatic heterocycles. The second kappa shape index (κ2) is 13.7. The maximum absolute atomic E-state index is 8.86. The number of nitrogens with one attached hydrogen (secondary N) is 2. The largest absolute Gasteiger partial charge is 0.345 e. The molecule has 0 amide bonds. The van der Waals surface area contributed by atoms with Gasteiger partial charge in [0, 0.05) is 36.6 Å². The van der Waals surface area contributed by atoms with Crippen LogP contribution >= 0.6 is 0 Å². The average molecular weight is 717 g/mol. The standard InChI is InChI=1S/2C19H18N8/c2*1-11-4-12(5-13-8-23-14(7-20)9-22-13)6-15(11)19-26-25-17-10-24-18-16(27(17)19)2-3-21-18/h2*2-3,8-12,15,21H,4-6H2,1H3/t2*11-,12-,15+/m10/s1. The lowest BCUT2D eigenvalue weighted by Gasteiger charge is -2.13. The van der Waals surface area contributed by atoms with Crippen LogP contribution < -0.4 is 0 Å². The van der Waals surface area contributed by atoms with E-state index in [-0.39, 0.29) is 0 Å². The molecule has 16 nitrogen and oxygen atoms in total. The summed E-state index contributed by atoms with van der Waals surface area (Å²) in [5.41, 5.74) is 7.88. The van der Waals surface area contributed by atoms with Crippen molar-refractivity contribution >= 4 is 33.6 Å². The molecule has 0 aromatic carbocycles. The number of rotatable bonds is 6. The van der Waals surface area contributed by atoms with Crippen LogP contribution in [0.3, 0.4) is 0 Å². The number of aromatic nitrogens is 14. The van der Waals surface area contributed by atoms with Crippen LogP contribution in [0.2, 0.25) is 0 Å². The van der Waals surface area contributed by atoms with Crippen LogP contribution in [-0.2, 0) is 12.8 Å². The summed E-state index contributed by atoms with van der Waals surface area (Å²) in [5.74, 6) is 4.77. The molecular weight excluding hydrogens is 681 g/mol. The monoisotopic (exact) mass is 716 g/mol. The van der Waals surface area contributed by atoms with Gasteiger partial charge in [-0.2, -0.15) is 10.5 Å². The molecule has 2 N–H and O–H groups in total. The highest BCUT2D eigenvalue weighted by Gasteiger charge is 2.37. The topological polar surface area (TPSA) is 217 Å². The van der Waals surface area contributed by atoms with E-state index in [0.29, 0.717) is 46.9 Å². The van der Waals surface area contributed by atoms with Gasteiger partial charge in [-0.3, -0.25) is 18.8 Å². The van der Waals surface area contributed by atoms with Gasteiger partial charge >= 0.3 is 0 Å². The van der Waals surface area contributed by atoms with Crippen molar-refractivity contribution < 1.29 is 0 Å². The fourth-order valence-electron chi connectivity index (χ4n) is 8.71. The summed E-state index contributed by atoms with van der Waals surface area (Å²) in [6.07, 6.45) is 19.9. The summed E-state index contributed by atoms with van der Waals surface area (Å²) in [6, 6.07) is 8.06. The number of aromatic amines is 2. The Bertz CT molecular complexity index is 2490. The Morgan fingerprint density at radius 3 is 1.46 bits per heavy atom. The first kappa shape index (κ1) is 33.2. The van der Waals surface area contributed by atoms with Crippen molar-refractivity contribution in [1.29, 1.82) is 10.5 Å². The van der Waals surface area contributed by atoms with Crippen molar-refractivity contribution in [3.05, 3.63) is 96.1 Å². The minimum atomic E-state index is 0.344. The lowest BCUT2D eigenvalue weighted by Crippen LogP contribution is -2.08. The number of nitriles is 2. The van der Waals surface area contributed by atoms with Crippen molar-refractivity contribution in [2.75, 3.05) is 0 Å². The zero-order valence-corrected chi connectivity index (χ0v) is 29.7. The Hall–Kier alpha value is -6.68. The van der Waals surface area contributed by atoms with E-state index in [4.69, 9.17) is 10.5 Å². The first-order valence-electron chi connectivity index (χ1n) is 18.2. The van der Waals surface area contributed by atoms with E-state index in [1.54, 1.807) is 37.2 Å². The Labute approximate surface area is 308 Å². The molecule has 0 aliphatic heterocycles. The van der Waals surface area contributed by atoms with E-state index in [9.17, 15) is 0 Å². The minimum Gasteiger partial charge on any atom is -0.345 e. The molecular formula is C38H36N16. The van der Waals surface area contributed by atoms with Crippen molar-refractivity contribution in [2.45, 2.75) is 64.2 Å². The Morgan fingerprint density at radius 1 is 0.593 bits per heavy atom. The molecule has 2 saturated carbocycles. The van der Waals surface area contributed by atoms with E-state index >= 15 is 0 Å². The third-order valence-corrected chi connectivity index (χ3v) is 11.2. The molecule has 268 valence electrons. The molecule has 8 heterocycles. The van der Waals surface area contributed by atoms with Gasteiger partial charge in [-0.25, -0.2) is 19.9 Å². The maximum Gasteiger partial charge on any atom is 0.179 e. The van der Waals surface area contributed by atoms with Crippen molar-refractivity contribution in [2.24, 2.45) is 23.7 Å². The molecule has 16 heteroatoms.